The molecule has 7 nitrogen and oxygen atoms in total. The number of morpholine rings is 1. The molecule has 2 unspecified atom stereocenters. The van der Waals surface area contributed by atoms with Crippen molar-refractivity contribution >= 4 is 16.1 Å². The van der Waals surface area contributed by atoms with Crippen molar-refractivity contribution in [1.29, 1.82) is 0 Å². The molecule has 3 rings (SSSR count). The Hall–Kier alpha value is -1.48. The molecule has 0 radical (unpaired) electrons. The van der Waals surface area contributed by atoms with Gasteiger partial charge in [-0.05, 0) is 31.9 Å². The standard InChI is InChI=1S/C19H29N3O4S/c1-15-6-4-5-7-18(15)12-19(23)20-8-10-21(11-9-20)27(24,25)22-13-16(2)26-17(3)14-22/h4-7,16-17H,8-14H2,1-3H3. The third-order valence-electron chi connectivity index (χ3n) is 5.23. The van der Waals surface area contributed by atoms with Crippen molar-refractivity contribution in [2.45, 2.75) is 39.4 Å². The summed E-state index contributed by atoms with van der Waals surface area (Å²) in [6.45, 7) is 8.05. The Bertz CT molecular complexity index is 765. The average molecular weight is 396 g/mol. The first-order valence-corrected chi connectivity index (χ1v) is 10.9. The summed E-state index contributed by atoms with van der Waals surface area (Å²) in [5.41, 5.74) is 2.12. The number of rotatable bonds is 4. The van der Waals surface area contributed by atoms with Gasteiger partial charge < -0.3 is 9.64 Å². The van der Waals surface area contributed by atoms with Gasteiger partial charge in [0.1, 0.15) is 0 Å². The summed E-state index contributed by atoms with van der Waals surface area (Å²) >= 11 is 0. The van der Waals surface area contributed by atoms with Crippen molar-refractivity contribution < 1.29 is 17.9 Å². The maximum atomic E-state index is 12.9. The van der Waals surface area contributed by atoms with Gasteiger partial charge >= 0.3 is 0 Å². The summed E-state index contributed by atoms with van der Waals surface area (Å²) in [4.78, 5) is 14.4. The molecule has 1 amide bonds. The Labute approximate surface area is 162 Å². The van der Waals surface area contributed by atoms with Gasteiger partial charge in [-0.15, -0.1) is 0 Å². The molecule has 0 saturated carbocycles. The zero-order valence-corrected chi connectivity index (χ0v) is 17.1. The quantitative estimate of drug-likeness (QED) is 0.764. The van der Waals surface area contributed by atoms with Gasteiger partial charge in [0.2, 0.25) is 5.91 Å². The van der Waals surface area contributed by atoms with Gasteiger partial charge in [-0.2, -0.15) is 17.0 Å². The van der Waals surface area contributed by atoms with Crippen LogP contribution in [-0.2, 0) is 26.2 Å². The predicted octanol–water partition coefficient (Wildman–Crippen LogP) is 1.04. The van der Waals surface area contributed by atoms with Crippen LogP contribution in [0.25, 0.3) is 0 Å². The van der Waals surface area contributed by atoms with Gasteiger partial charge in [0.25, 0.3) is 10.2 Å². The Morgan fingerprint density at radius 1 is 1.04 bits per heavy atom. The third kappa shape index (κ3) is 4.68. The van der Waals surface area contributed by atoms with Crippen molar-refractivity contribution in [3.05, 3.63) is 35.4 Å². The second-order valence-corrected chi connectivity index (χ2v) is 9.39. The molecule has 2 aliphatic rings. The largest absolute Gasteiger partial charge is 0.373 e. The van der Waals surface area contributed by atoms with E-state index in [0.717, 1.165) is 11.1 Å². The van der Waals surface area contributed by atoms with Crippen molar-refractivity contribution in [1.82, 2.24) is 13.5 Å². The fourth-order valence-electron chi connectivity index (χ4n) is 3.73. The SMILES string of the molecule is Cc1ccccc1CC(=O)N1CCN(S(=O)(=O)N2CC(C)OC(C)C2)CC1. The van der Waals surface area contributed by atoms with E-state index in [-0.39, 0.29) is 18.1 Å². The van der Waals surface area contributed by atoms with Crippen LogP contribution in [0.2, 0.25) is 0 Å². The van der Waals surface area contributed by atoms with E-state index in [1.165, 1.54) is 8.61 Å². The second-order valence-electron chi connectivity index (χ2n) is 7.47. The van der Waals surface area contributed by atoms with Crippen LogP contribution in [-0.4, -0.2) is 79.3 Å². The Morgan fingerprint density at radius 2 is 1.63 bits per heavy atom. The molecular weight excluding hydrogens is 366 g/mol. The molecule has 0 bridgehead atoms. The minimum absolute atomic E-state index is 0.0509. The van der Waals surface area contributed by atoms with Crippen LogP contribution >= 0.6 is 0 Å². The minimum atomic E-state index is -3.52. The highest BCUT2D eigenvalue weighted by Crippen LogP contribution is 2.19. The summed E-state index contributed by atoms with van der Waals surface area (Å²) in [5, 5.41) is 0. The van der Waals surface area contributed by atoms with E-state index in [4.69, 9.17) is 4.74 Å². The lowest BCUT2D eigenvalue weighted by Gasteiger charge is -2.40. The van der Waals surface area contributed by atoms with Gasteiger partial charge in [-0.3, -0.25) is 4.79 Å². The van der Waals surface area contributed by atoms with Gasteiger partial charge in [0.05, 0.1) is 18.6 Å². The van der Waals surface area contributed by atoms with Crippen LogP contribution < -0.4 is 0 Å². The van der Waals surface area contributed by atoms with Gasteiger partial charge in [0.15, 0.2) is 0 Å². The van der Waals surface area contributed by atoms with E-state index < -0.39 is 10.2 Å². The molecule has 0 spiro atoms. The lowest BCUT2D eigenvalue weighted by atomic mass is 10.1. The normalized spacial score (nSPS) is 25.5. The Kier molecular flexibility index (Phi) is 6.20. The number of nitrogens with zero attached hydrogens (tertiary/aromatic N) is 3. The highest BCUT2D eigenvalue weighted by atomic mass is 32.2. The Balaban J connectivity index is 1.58. The summed E-state index contributed by atoms with van der Waals surface area (Å²) in [7, 11) is -3.52. The molecule has 2 aliphatic heterocycles. The number of hydrogen-bond acceptors (Lipinski definition) is 4. The predicted molar refractivity (Wildman–Crippen MR) is 104 cm³/mol. The molecule has 27 heavy (non-hydrogen) atoms. The van der Waals surface area contributed by atoms with E-state index in [0.29, 0.717) is 45.7 Å². The van der Waals surface area contributed by atoms with E-state index in [1.54, 1.807) is 4.90 Å². The van der Waals surface area contributed by atoms with E-state index >= 15 is 0 Å². The first-order chi connectivity index (χ1) is 12.8. The van der Waals surface area contributed by atoms with E-state index in [1.807, 2.05) is 45.0 Å². The van der Waals surface area contributed by atoms with E-state index in [2.05, 4.69) is 0 Å². The first-order valence-electron chi connectivity index (χ1n) is 9.50. The van der Waals surface area contributed by atoms with Gasteiger partial charge in [-0.1, -0.05) is 24.3 Å². The number of piperazine rings is 1. The second kappa shape index (κ2) is 8.26. The van der Waals surface area contributed by atoms with Crippen molar-refractivity contribution in [2.24, 2.45) is 0 Å². The lowest BCUT2D eigenvalue weighted by molar-refractivity contribution is -0.131. The molecule has 150 valence electrons. The number of ether oxygens (including phenoxy) is 1. The number of amides is 1. The highest BCUT2D eigenvalue weighted by molar-refractivity contribution is 7.86. The molecule has 2 heterocycles. The van der Waals surface area contributed by atoms with Gasteiger partial charge in [0, 0.05) is 39.3 Å². The number of hydrogen-bond donors (Lipinski definition) is 0. The maximum absolute atomic E-state index is 12.9. The molecule has 1 aromatic rings. The van der Waals surface area contributed by atoms with Crippen LogP contribution in [0, 0.1) is 6.92 Å². The number of aryl methyl sites for hydroxylation is 1. The molecular formula is C19H29N3O4S. The lowest BCUT2D eigenvalue weighted by Crippen LogP contribution is -2.57. The maximum Gasteiger partial charge on any atom is 0.282 e. The van der Waals surface area contributed by atoms with Crippen LogP contribution in [0.15, 0.2) is 24.3 Å². The summed E-state index contributed by atoms with van der Waals surface area (Å²) < 4.78 is 34.5. The van der Waals surface area contributed by atoms with Crippen LogP contribution in [0.3, 0.4) is 0 Å². The smallest absolute Gasteiger partial charge is 0.282 e. The zero-order valence-electron chi connectivity index (χ0n) is 16.3. The topological polar surface area (TPSA) is 70.2 Å². The molecule has 2 atom stereocenters. The van der Waals surface area contributed by atoms with Crippen molar-refractivity contribution in [3.8, 4) is 0 Å². The fraction of sp³-hybridized carbons (Fsp3) is 0.632. The molecule has 0 aliphatic carbocycles. The zero-order chi connectivity index (χ0) is 19.6. The molecule has 0 aromatic heterocycles. The molecule has 2 fully saturated rings. The highest BCUT2D eigenvalue weighted by Gasteiger charge is 2.37. The first kappa shape index (κ1) is 20.3. The number of carbonyl (C=O) groups is 1. The van der Waals surface area contributed by atoms with E-state index in [9.17, 15) is 13.2 Å². The van der Waals surface area contributed by atoms with Crippen LogP contribution in [0.4, 0.5) is 0 Å². The summed E-state index contributed by atoms with van der Waals surface area (Å²) in [5.74, 6) is 0.0509. The third-order valence-corrected chi connectivity index (χ3v) is 7.20. The number of carbonyl (C=O) groups excluding carboxylic acids is 1. The molecule has 0 N–H and O–H groups in total. The average Bonchev–Trinajstić information content (AvgIpc) is 2.63. The van der Waals surface area contributed by atoms with Crippen molar-refractivity contribution in [2.75, 3.05) is 39.3 Å². The monoisotopic (exact) mass is 395 g/mol. The minimum Gasteiger partial charge on any atom is -0.373 e. The van der Waals surface area contributed by atoms with Gasteiger partial charge in [-0.25, -0.2) is 0 Å². The molecule has 2 saturated heterocycles. The summed E-state index contributed by atoms with van der Waals surface area (Å²) in [6.07, 6.45) is 0.138. The fourth-order valence-corrected chi connectivity index (χ4v) is 5.48. The number of benzene rings is 1. The molecule has 8 heteroatoms. The van der Waals surface area contributed by atoms with Crippen LogP contribution in [0.5, 0.6) is 0 Å². The summed E-state index contributed by atoms with van der Waals surface area (Å²) in [6, 6.07) is 7.86. The van der Waals surface area contributed by atoms with Crippen LogP contribution in [0.1, 0.15) is 25.0 Å². The van der Waals surface area contributed by atoms with Crippen molar-refractivity contribution in [3.63, 3.8) is 0 Å². The Morgan fingerprint density at radius 3 is 2.22 bits per heavy atom. The molecule has 1 aromatic carbocycles.